The summed E-state index contributed by atoms with van der Waals surface area (Å²) in [6, 6.07) is 10.7. The molecule has 24 heavy (non-hydrogen) atoms. The molecule has 0 aliphatic rings. The molecule has 0 spiro atoms. The predicted molar refractivity (Wildman–Crippen MR) is 86.5 cm³/mol. The summed E-state index contributed by atoms with van der Waals surface area (Å²) in [6.07, 6.45) is 2.77. The van der Waals surface area contributed by atoms with Gasteiger partial charge in [0.1, 0.15) is 11.3 Å². The van der Waals surface area contributed by atoms with Gasteiger partial charge in [-0.05, 0) is 35.9 Å². The number of carbonyl (C=O) groups is 1. The summed E-state index contributed by atoms with van der Waals surface area (Å²) in [5.41, 5.74) is 1.87. The molecule has 0 bridgehead atoms. The Labute approximate surface area is 136 Å². The Bertz CT molecular complexity index is 941. The van der Waals surface area contributed by atoms with Crippen LogP contribution in [0.25, 0.3) is 17.2 Å². The van der Waals surface area contributed by atoms with Crippen molar-refractivity contribution in [3.8, 4) is 5.75 Å². The monoisotopic (exact) mass is 324 g/mol. The number of fused-ring (bicyclic) bond motifs is 1. The highest BCUT2D eigenvalue weighted by Crippen LogP contribution is 2.21. The second kappa shape index (κ2) is 6.33. The minimum atomic E-state index is -0.562. The predicted octanol–water partition coefficient (Wildman–Crippen LogP) is 3.66. The molecule has 0 fully saturated rings. The number of nitrogens with zero attached hydrogens (tertiary/aromatic N) is 2. The standard InChI is InChI=1S/C17H12N2O5/c1-11-18-15-10-14(7-8-16(15)23-11)24-17(20)9-4-12-2-5-13(6-3-12)19(21)22/h2-10H,1H3/b9-4+. The Balaban J connectivity index is 1.68. The van der Waals surface area contributed by atoms with Crippen LogP contribution in [0, 0.1) is 17.0 Å². The fraction of sp³-hybridized carbons (Fsp3) is 0.0588. The second-order valence-corrected chi connectivity index (χ2v) is 4.97. The molecule has 1 heterocycles. The molecule has 3 rings (SSSR count). The summed E-state index contributed by atoms with van der Waals surface area (Å²) >= 11 is 0. The number of aromatic nitrogens is 1. The molecular weight excluding hydrogens is 312 g/mol. The van der Waals surface area contributed by atoms with E-state index in [1.165, 1.54) is 24.3 Å². The smallest absolute Gasteiger partial charge is 0.336 e. The van der Waals surface area contributed by atoms with E-state index in [1.54, 1.807) is 37.3 Å². The molecule has 7 nitrogen and oxygen atoms in total. The number of benzene rings is 2. The van der Waals surface area contributed by atoms with Crippen molar-refractivity contribution < 1.29 is 18.9 Å². The summed E-state index contributed by atoms with van der Waals surface area (Å²) in [6.45, 7) is 1.73. The minimum absolute atomic E-state index is 0.00839. The van der Waals surface area contributed by atoms with Crippen LogP contribution in [0.3, 0.4) is 0 Å². The number of hydrogen-bond donors (Lipinski definition) is 0. The fourth-order valence-corrected chi connectivity index (χ4v) is 2.11. The van der Waals surface area contributed by atoms with Crippen LogP contribution < -0.4 is 4.74 Å². The molecule has 0 saturated heterocycles. The van der Waals surface area contributed by atoms with Gasteiger partial charge in [0.05, 0.1) is 4.92 Å². The third-order valence-electron chi connectivity index (χ3n) is 3.20. The lowest BCUT2D eigenvalue weighted by Gasteiger charge is -2.00. The zero-order chi connectivity index (χ0) is 17.1. The zero-order valence-electron chi connectivity index (χ0n) is 12.6. The molecule has 0 N–H and O–H groups in total. The first-order chi connectivity index (χ1) is 11.5. The third kappa shape index (κ3) is 3.46. The van der Waals surface area contributed by atoms with Crippen LogP contribution in [0.15, 0.2) is 53.0 Å². The Kier molecular flexibility index (Phi) is 4.07. The van der Waals surface area contributed by atoms with Crippen LogP contribution in [0.4, 0.5) is 5.69 Å². The number of oxazole rings is 1. The number of aryl methyl sites for hydroxylation is 1. The van der Waals surface area contributed by atoms with Gasteiger partial charge in [0.25, 0.3) is 5.69 Å². The molecule has 0 unspecified atom stereocenters. The summed E-state index contributed by atoms with van der Waals surface area (Å²) < 4.78 is 10.5. The molecule has 7 heteroatoms. The van der Waals surface area contributed by atoms with Crippen LogP contribution in [-0.4, -0.2) is 15.9 Å². The maximum atomic E-state index is 11.8. The van der Waals surface area contributed by atoms with Gasteiger partial charge in [-0.3, -0.25) is 10.1 Å². The number of carbonyl (C=O) groups excluding carboxylic acids is 1. The van der Waals surface area contributed by atoms with Crippen molar-refractivity contribution in [3.05, 3.63) is 70.1 Å². The molecule has 0 amide bonds. The number of hydrogen-bond acceptors (Lipinski definition) is 6. The lowest BCUT2D eigenvalue weighted by atomic mass is 10.2. The average Bonchev–Trinajstić information content (AvgIpc) is 2.92. The van der Waals surface area contributed by atoms with Crippen LogP contribution in [-0.2, 0) is 4.79 Å². The second-order valence-electron chi connectivity index (χ2n) is 4.97. The Morgan fingerprint density at radius 3 is 2.71 bits per heavy atom. The van der Waals surface area contributed by atoms with E-state index in [1.807, 2.05) is 0 Å². The van der Waals surface area contributed by atoms with Crippen molar-refractivity contribution in [1.82, 2.24) is 4.98 Å². The zero-order valence-corrected chi connectivity index (χ0v) is 12.6. The Morgan fingerprint density at radius 2 is 2.00 bits per heavy atom. The van der Waals surface area contributed by atoms with Crippen molar-refractivity contribution in [2.24, 2.45) is 0 Å². The quantitative estimate of drug-likeness (QED) is 0.239. The molecule has 0 saturated carbocycles. The van der Waals surface area contributed by atoms with E-state index >= 15 is 0 Å². The van der Waals surface area contributed by atoms with E-state index in [4.69, 9.17) is 9.15 Å². The summed E-state index contributed by atoms with van der Waals surface area (Å²) in [5, 5.41) is 10.6. The number of nitro benzene ring substituents is 1. The minimum Gasteiger partial charge on any atom is -0.441 e. The Morgan fingerprint density at radius 1 is 1.25 bits per heavy atom. The molecule has 0 radical (unpaired) electrons. The van der Waals surface area contributed by atoms with Gasteiger partial charge in [0.15, 0.2) is 11.5 Å². The highest BCUT2D eigenvalue weighted by molar-refractivity contribution is 5.89. The van der Waals surface area contributed by atoms with E-state index in [2.05, 4.69) is 4.98 Å². The highest BCUT2D eigenvalue weighted by atomic mass is 16.6. The largest absolute Gasteiger partial charge is 0.441 e. The van der Waals surface area contributed by atoms with Gasteiger partial charge in [0.2, 0.25) is 0 Å². The molecule has 0 aliphatic carbocycles. The van der Waals surface area contributed by atoms with E-state index in [0.29, 0.717) is 28.3 Å². The van der Waals surface area contributed by atoms with Gasteiger partial charge in [-0.25, -0.2) is 9.78 Å². The lowest BCUT2D eigenvalue weighted by Crippen LogP contribution is -2.03. The normalized spacial score (nSPS) is 11.0. The van der Waals surface area contributed by atoms with Crippen molar-refractivity contribution in [1.29, 1.82) is 0 Å². The van der Waals surface area contributed by atoms with E-state index in [0.717, 1.165) is 0 Å². The van der Waals surface area contributed by atoms with Crippen molar-refractivity contribution in [2.75, 3.05) is 0 Å². The van der Waals surface area contributed by atoms with Gasteiger partial charge >= 0.3 is 5.97 Å². The molecule has 3 aromatic rings. The lowest BCUT2D eigenvalue weighted by molar-refractivity contribution is -0.384. The average molecular weight is 324 g/mol. The number of ether oxygens (including phenoxy) is 1. The van der Waals surface area contributed by atoms with Crippen molar-refractivity contribution in [3.63, 3.8) is 0 Å². The first-order valence-electron chi connectivity index (χ1n) is 7.03. The summed E-state index contributed by atoms with van der Waals surface area (Å²) in [7, 11) is 0. The Hall–Kier alpha value is -3.48. The SMILES string of the molecule is Cc1nc2cc(OC(=O)/C=C/c3ccc([N+](=O)[O-])cc3)ccc2o1. The maximum absolute atomic E-state index is 11.8. The van der Waals surface area contributed by atoms with E-state index in [-0.39, 0.29) is 5.69 Å². The number of rotatable bonds is 4. The molecule has 0 atom stereocenters. The van der Waals surface area contributed by atoms with Crippen LogP contribution in [0.1, 0.15) is 11.5 Å². The first-order valence-corrected chi connectivity index (χ1v) is 7.03. The van der Waals surface area contributed by atoms with Crippen LogP contribution in [0.2, 0.25) is 0 Å². The number of non-ortho nitro benzene ring substituents is 1. The fourth-order valence-electron chi connectivity index (χ4n) is 2.11. The van der Waals surface area contributed by atoms with Gasteiger partial charge in [-0.15, -0.1) is 0 Å². The molecular formula is C17H12N2O5. The number of esters is 1. The van der Waals surface area contributed by atoms with Gasteiger partial charge in [-0.1, -0.05) is 0 Å². The molecule has 2 aromatic carbocycles. The van der Waals surface area contributed by atoms with E-state index in [9.17, 15) is 14.9 Å². The maximum Gasteiger partial charge on any atom is 0.336 e. The summed E-state index contributed by atoms with van der Waals surface area (Å²) in [4.78, 5) is 26.1. The first kappa shape index (κ1) is 15.4. The molecule has 1 aromatic heterocycles. The van der Waals surface area contributed by atoms with Crippen LogP contribution in [0.5, 0.6) is 5.75 Å². The van der Waals surface area contributed by atoms with Crippen molar-refractivity contribution in [2.45, 2.75) is 6.92 Å². The van der Waals surface area contributed by atoms with Crippen molar-refractivity contribution >= 4 is 28.8 Å². The molecule has 120 valence electrons. The summed E-state index contributed by atoms with van der Waals surface area (Å²) in [5.74, 6) is 0.327. The van der Waals surface area contributed by atoms with E-state index < -0.39 is 10.9 Å². The number of nitro groups is 1. The molecule has 0 aliphatic heterocycles. The third-order valence-corrected chi connectivity index (χ3v) is 3.20. The topological polar surface area (TPSA) is 95.5 Å². The van der Waals surface area contributed by atoms with Gasteiger partial charge in [0, 0.05) is 31.2 Å². The van der Waals surface area contributed by atoms with Gasteiger partial charge in [-0.2, -0.15) is 0 Å². The van der Waals surface area contributed by atoms with Gasteiger partial charge < -0.3 is 9.15 Å². The van der Waals surface area contributed by atoms with Crippen LogP contribution >= 0.6 is 0 Å². The highest BCUT2D eigenvalue weighted by Gasteiger charge is 2.07.